The number of sulfonamides is 1. The molecule has 7 nitrogen and oxygen atoms in total. The van der Waals surface area contributed by atoms with E-state index in [0.29, 0.717) is 10.8 Å². The Morgan fingerprint density at radius 1 is 1.24 bits per heavy atom. The molecule has 0 fully saturated rings. The minimum atomic E-state index is -3.82. The van der Waals surface area contributed by atoms with Crippen LogP contribution < -0.4 is 19.1 Å². The van der Waals surface area contributed by atoms with Crippen molar-refractivity contribution in [3.63, 3.8) is 0 Å². The second-order valence-electron chi connectivity index (χ2n) is 6.14. The van der Waals surface area contributed by atoms with E-state index in [9.17, 15) is 17.6 Å². The largest absolute Gasteiger partial charge is 0.495 e. The molecule has 0 heterocycles. The van der Waals surface area contributed by atoms with Crippen LogP contribution in [-0.4, -0.2) is 46.9 Å². The number of methoxy groups -OCH3 is 1. The first-order valence-corrected chi connectivity index (χ1v) is 10.8. The van der Waals surface area contributed by atoms with Gasteiger partial charge in [-0.1, -0.05) is 11.6 Å². The van der Waals surface area contributed by atoms with Crippen LogP contribution in [0.25, 0.3) is 0 Å². The first-order valence-electron chi connectivity index (χ1n) is 8.62. The Morgan fingerprint density at radius 3 is 2.48 bits per heavy atom. The summed E-state index contributed by atoms with van der Waals surface area (Å²) in [7, 11) is -2.43. The Bertz CT molecular complexity index is 954. The van der Waals surface area contributed by atoms with E-state index in [0.717, 1.165) is 10.6 Å². The fraction of sp³-hybridized carbons (Fsp3) is 0.316. The zero-order valence-corrected chi connectivity index (χ0v) is 17.8. The maximum Gasteiger partial charge on any atom is 0.243 e. The molecule has 0 aliphatic carbocycles. The number of amides is 1. The van der Waals surface area contributed by atoms with Gasteiger partial charge in [-0.3, -0.25) is 9.10 Å². The van der Waals surface area contributed by atoms with E-state index in [1.807, 2.05) is 0 Å². The predicted molar refractivity (Wildman–Crippen MR) is 110 cm³/mol. The van der Waals surface area contributed by atoms with E-state index in [2.05, 4.69) is 5.32 Å². The van der Waals surface area contributed by atoms with E-state index >= 15 is 0 Å². The fourth-order valence-electron chi connectivity index (χ4n) is 2.64. The van der Waals surface area contributed by atoms with Gasteiger partial charge >= 0.3 is 0 Å². The molecule has 1 N–H and O–H groups in total. The van der Waals surface area contributed by atoms with E-state index in [1.165, 1.54) is 50.4 Å². The highest BCUT2D eigenvalue weighted by Crippen LogP contribution is 2.34. The molecule has 0 aliphatic heterocycles. The van der Waals surface area contributed by atoms with Crippen LogP contribution in [0.3, 0.4) is 0 Å². The monoisotopic (exact) mass is 444 g/mol. The molecule has 29 heavy (non-hydrogen) atoms. The van der Waals surface area contributed by atoms with Gasteiger partial charge in [0.1, 0.15) is 30.0 Å². The lowest BCUT2D eigenvalue weighted by molar-refractivity contribution is -0.121. The summed E-state index contributed by atoms with van der Waals surface area (Å²) in [5.41, 5.74) is 0.160. The van der Waals surface area contributed by atoms with Gasteiger partial charge in [-0.2, -0.15) is 0 Å². The van der Waals surface area contributed by atoms with Gasteiger partial charge in [-0.15, -0.1) is 0 Å². The lowest BCUT2D eigenvalue weighted by atomic mass is 10.2. The van der Waals surface area contributed by atoms with Crippen LogP contribution in [0.15, 0.2) is 42.5 Å². The van der Waals surface area contributed by atoms with Crippen molar-refractivity contribution >= 4 is 33.2 Å². The topological polar surface area (TPSA) is 84.9 Å². The number of carbonyl (C=O) groups excluding carboxylic acids is 1. The number of nitrogens with zero attached hydrogens (tertiary/aromatic N) is 1. The maximum atomic E-state index is 12.9. The Labute approximate surface area is 174 Å². The van der Waals surface area contributed by atoms with E-state index in [-0.39, 0.29) is 30.4 Å². The molecule has 2 aromatic carbocycles. The van der Waals surface area contributed by atoms with Crippen molar-refractivity contribution in [1.29, 1.82) is 0 Å². The lowest BCUT2D eigenvalue weighted by Gasteiger charge is -2.29. The summed E-state index contributed by atoms with van der Waals surface area (Å²) in [6.07, 6.45) is 0.995. The number of anilines is 1. The number of carbonyl (C=O) groups is 1. The Morgan fingerprint density at radius 2 is 1.90 bits per heavy atom. The van der Waals surface area contributed by atoms with Crippen molar-refractivity contribution in [3.05, 3.63) is 53.3 Å². The average molecular weight is 445 g/mol. The molecule has 0 unspecified atom stereocenters. The summed E-state index contributed by atoms with van der Waals surface area (Å²) < 4.78 is 49.2. The number of halogens is 2. The highest BCUT2D eigenvalue weighted by atomic mass is 35.5. The molecule has 2 rings (SSSR count). The van der Waals surface area contributed by atoms with E-state index in [1.54, 1.807) is 6.07 Å². The van der Waals surface area contributed by atoms with Crippen LogP contribution in [-0.2, 0) is 14.8 Å². The van der Waals surface area contributed by atoms with Crippen LogP contribution in [0.5, 0.6) is 11.5 Å². The summed E-state index contributed by atoms with van der Waals surface area (Å²) in [4.78, 5) is 12.5. The van der Waals surface area contributed by atoms with Gasteiger partial charge in [0.15, 0.2) is 0 Å². The molecule has 0 spiro atoms. The molecule has 0 bridgehead atoms. The molecule has 1 atom stereocenters. The SMILES string of the molecule is COc1ccc(Cl)cc1N([C@H](C)C(=O)NCCOc1ccc(F)cc1)S(C)(=O)=O. The molecule has 0 aliphatic rings. The predicted octanol–water partition coefficient (Wildman–Crippen LogP) is 2.84. The number of benzene rings is 2. The molecule has 0 radical (unpaired) electrons. The van der Waals surface area contributed by atoms with Crippen LogP contribution in [0.2, 0.25) is 5.02 Å². The summed E-state index contributed by atoms with van der Waals surface area (Å²) in [6, 6.07) is 8.90. The molecule has 0 saturated carbocycles. The van der Waals surface area contributed by atoms with Crippen LogP contribution in [0.1, 0.15) is 6.92 Å². The molecule has 2 aromatic rings. The number of nitrogens with one attached hydrogen (secondary N) is 1. The van der Waals surface area contributed by atoms with Gasteiger partial charge in [-0.05, 0) is 49.4 Å². The molecular formula is C19H22ClFN2O5S. The van der Waals surface area contributed by atoms with Crippen LogP contribution in [0, 0.1) is 5.82 Å². The summed E-state index contributed by atoms with van der Waals surface area (Å²) >= 11 is 6.01. The smallest absolute Gasteiger partial charge is 0.243 e. The van der Waals surface area contributed by atoms with Gasteiger partial charge in [-0.25, -0.2) is 12.8 Å². The third-order valence-electron chi connectivity index (χ3n) is 3.95. The molecular weight excluding hydrogens is 423 g/mol. The molecule has 1 amide bonds. The lowest BCUT2D eigenvalue weighted by Crippen LogP contribution is -2.48. The third kappa shape index (κ3) is 6.23. The standard InChI is InChI=1S/C19H22ClFN2O5S/c1-13(19(24)22-10-11-28-16-7-5-15(21)6-8-16)23(29(3,25)26)17-12-14(20)4-9-18(17)27-2/h4-9,12-13H,10-11H2,1-3H3,(H,22,24)/t13-/m1/s1. The quantitative estimate of drug-likeness (QED) is 0.601. The highest BCUT2D eigenvalue weighted by molar-refractivity contribution is 7.92. The Kier molecular flexibility index (Phi) is 7.69. The maximum absolute atomic E-state index is 12.9. The number of hydrogen-bond donors (Lipinski definition) is 1. The second kappa shape index (κ2) is 9.80. The Balaban J connectivity index is 2.07. The first-order chi connectivity index (χ1) is 13.6. The number of ether oxygens (including phenoxy) is 2. The number of rotatable bonds is 9. The molecule has 0 aromatic heterocycles. The van der Waals surface area contributed by atoms with E-state index < -0.39 is 22.0 Å². The second-order valence-corrected chi connectivity index (χ2v) is 8.44. The zero-order valence-electron chi connectivity index (χ0n) is 16.2. The van der Waals surface area contributed by atoms with Crippen molar-refractivity contribution < 1.29 is 27.1 Å². The third-order valence-corrected chi connectivity index (χ3v) is 5.41. The van der Waals surface area contributed by atoms with Gasteiger partial charge < -0.3 is 14.8 Å². The van der Waals surface area contributed by atoms with E-state index in [4.69, 9.17) is 21.1 Å². The molecule has 10 heteroatoms. The molecule has 158 valence electrons. The first kappa shape index (κ1) is 22.8. The molecule has 0 saturated heterocycles. The fourth-order valence-corrected chi connectivity index (χ4v) is 3.97. The van der Waals surface area contributed by atoms with Crippen molar-refractivity contribution in [3.8, 4) is 11.5 Å². The van der Waals surface area contributed by atoms with Crippen molar-refractivity contribution in [1.82, 2.24) is 5.32 Å². The normalized spacial score (nSPS) is 12.2. The van der Waals surface area contributed by atoms with Gasteiger partial charge in [0.05, 0.1) is 25.6 Å². The van der Waals surface area contributed by atoms with Crippen molar-refractivity contribution in [2.75, 3.05) is 30.8 Å². The van der Waals surface area contributed by atoms with Gasteiger partial charge in [0.2, 0.25) is 15.9 Å². The zero-order chi connectivity index (χ0) is 21.6. The Hall–Kier alpha value is -2.52. The summed E-state index contributed by atoms with van der Waals surface area (Å²) in [5.74, 6) is -0.189. The average Bonchev–Trinajstić information content (AvgIpc) is 2.65. The van der Waals surface area contributed by atoms with Crippen molar-refractivity contribution in [2.45, 2.75) is 13.0 Å². The summed E-state index contributed by atoms with van der Waals surface area (Å²) in [6.45, 7) is 1.71. The number of hydrogen-bond acceptors (Lipinski definition) is 5. The highest BCUT2D eigenvalue weighted by Gasteiger charge is 2.31. The van der Waals surface area contributed by atoms with Crippen molar-refractivity contribution in [2.24, 2.45) is 0 Å². The minimum absolute atomic E-state index is 0.128. The van der Waals surface area contributed by atoms with Gasteiger partial charge in [0.25, 0.3) is 0 Å². The minimum Gasteiger partial charge on any atom is -0.495 e. The van der Waals surface area contributed by atoms with Gasteiger partial charge in [0, 0.05) is 5.02 Å². The summed E-state index contributed by atoms with van der Waals surface area (Å²) in [5, 5.41) is 2.92. The van der Waals surface area contributed by atoms with Crippen LogP contribution >= 0.6 is 11.6 Å². The van der Waals surface area contributed by atoms with Crippen LogP contribution in [0.4, 0.5) is 10.1 Å².